The number of ether oxygens (including phenoxy) is 1. The van der Waals surface area contributed by atoms with Gasteiger partial charge in [0.25, 0.3) is 0 Å². The number of hydrogen-bond acceptors (Lipinski definition) is 4. The van der Waals surface area contributed by atoms with E-state index in [2.05, 4.69) is 76.5 Å². The van der Waals surface area contributed by atoms with Crippen molar-refractivity contribution >= 4 is 33.9 Å². The highest BCUT2D eigenvalue weighted by Gasteiger charge is 2.48. The lowest BCUT2D eigenvalue weighted by atomic mass is 9.66. The van der Waals surface area contributed by atoms with Gasteiger partial charge in [0.2, 0.25) is 0 Å². The Morgan fingerprint density at radius 1 is 1.03 bits per heavy atom. The topological polar surface area (TPSA) is 45.9 Å². The molecule has 0 amide bonds. The third kappa shape index (κ3) is 4.18. The maximum atomic E-state index is 10.2. The minimum Gasteiger partial charge on any atom is -0.368 e. The van der Waals surface area contributed by atoms with E-state index in [0.717, 1.165) is 54.1 Å². The summed E-state index contributed by atoms with van der Waals surface area (Å²) in [5.41, 5.74) is 2.51. The monoisotopic (exact) mass is 540 g/mol. The third-order valence-electron chi connectivity index (χ3n) is 6.77. The van der Waals surface area contributed by atoms with Gasteiger partial charge >= 0.3 is 0 Å². The summed E-state index contributed by atoms with van der Waals surface area (Å²) in [4.78, 5) is 5.05. The fraction of sp³-hybridized carbons (Fsp3) is 0.385. The molecule has 158 valence electrons. The second-order valence-corrected chi connectivity index (χ2v) is 10.8. The molecule has 0 saturated heterocycles. The quantitative estimate of drug-likeness (QED) is 0.314. The lowest BCUT2D eigenvalue weighted by Gasteiger charge is -2.42. The van der Waals surface area contributed by atoms with Crippen LogP contribution in [0.2, 0.25) is 0 Å². The second-order valence-electron chi connectivity index (χ2n) is 8.83. The maximum absolute atomic E-state index is 10.2. The van der Waals surface area contributed by atoms with E-state index < -0.39 is 5.41 Å². The number of aromatic nitrogens is 1. The molecule has 0 bridgehead atoms. The zero-order valence-corrected chi connectivity index (χ0v) is 20.4. The first-order chi connectivity index (χ1) is 15.1. The van der Waals surface area contributed by atoms with Gasteiger partial charge in [-0.15, -0.1) is 11.3 Å². The highest BCUT2D eigenvalue weighted by atomic mass is 127. The van der Waals surface area contributed by atoms with Crippen LogP contribution in [0, 0.1) is 20.8 Å². The Labute approximate surface area is 201 Å². The molecule has 3 aromatic rings. The number of nitrogens with zero attached hydrogens (tertiary/aromatic N) is 2. The molecule has 1 heterocycles. The molecule has 2 aromatic carbocycles. The smallest absolute Gasteiger partial charge is 0.125 e. The van der Waals surface area contributed by atoms with Gasteiger partial charge in [-0.05, 0) is 78.7 Å². The molecule has 0 spiro atoms. The first kappa shape index (κ1) is 21.1. The normalized spacial score (nSPS) is 25.8. The van der Waals surface area contributed by atoms with Crippen molar-refractivity contribution in [3.05, 3.63) is 74.1 Å². The number of benzene rings is 2. The van der Waals surface area contributed by atoms with E-state index in [1.807, 2.05) is 12.1 Å². The lowest BCUT2D eigenvalue weighted by Crippen LogP contribution is -2.41. The summed E-state index contributed by atoms with van der Waals surface area (Å²) in [6.45, 7) is 0.808. The molecule has 0 atom stereocenters. The van der Waals surface area contributed by atoms with Crippen molar-refractivity contribution < 1.29 is 4.74 Å². The van der Waals surface area contributed by atoms with Crippen LogP contribution >= 0.6 is 33.9 Å². The van der Waals surface area contributed by atoms with Crippen LogP contribution in [0.3, 0.4) is 0 Å². The minimum absolute atomic E-state index is 0.374. The lowest BCUT2D eigenvalue weighted by molar-refractivity contribution is -0.0881. The zero-order chi connectivity index (χ0) is 21.3. The molecule has 0 unspecified atom stereocenters. The van der Waals surface area contributed by atoms with Crippen LogP contribution in [0.25, 0.3) is 11.3 Å². The minimum atomic E-state index is -0.441. The number of halogens is 1. The summed E-state index contributed by atoms with van der Waals surface area (Å²) >= 11 is 4.08. The predicted molar refractivity (Wildman–Crippen MR) is 133 cm³/mol. The zero-order valence-electron chi connectivity index (χ0n) is 17.4. The number of thiazole rings is 1. The van der Waals surface area contributed by atoms with Crippen LogP contribution in [0.4, 0.5) is 0 Å². The molecule has 2 fully saturated rings. The Bertz CT molecular complexity index is 1090. The Balaban J connectivity index is 1.45. The highest BCUT2D eigenvalue weighted by Crippen LogP contribution is 2.51. The Kier molecular flexibility index (Phi) is 5.89. The van der Waals surface area contributed by atoms with Gasteiger partial charge in [0.05, 0.1) is 23.8 Å². The van der Waals surface area contributed by atoms with Crippen molar-refractivity contribution in [2.45, 2.75) is 49.5 Å². The maximum Gasteiger partial charge on any atom is 0.125 e. The van der Waals surface area contributed by atoms with Gasteiger partial charge in [-0.2, -0.15) is 5.26 Å². The summed E-state index contributed by atoms with van der Waals surface area (Å²) < 4.78 is 7.85. The fourth-order valence-electron chi connectivity index (χ4n) is 4.58. The Hall–Kier alpha value is -1.75. The van der Waals surface area contributed by atoms with Crippen LogP contribution in [-0.4, -0.2) is 11.6 Å². The van der Waals surface area contributed by atoms with Crippen LogP contribution < -0.4 is 0 Å². The number of rotatable bonds is 6. The van der Waals surface area contributed by atoms with E-state index in [9.17, 15) is 5.26 Å². The molecule has 2 aliphatic rings. The van der Waals surface area contributed by atoms with Crippen molar-refractivity contribution in [2.75, 3.05) is 6.61 Å². The average Bonchev–Trinajstić information content (AvgIpc) is 3.52. The molecular weight excluding hydrogens is 515 g/mol. The van der Waals surface area contributed by atoms with Crippen molar-refractivity contribution in [2.24, 2.45) is 5.92 Å². The van der Waals surface area contributed by atoms with Gasteiger partial charge in [0.1, 0.15) is 10.6 Å². The van der Waals surface area contributed by atoms with Crippen LogP contribution in [-0.2, 0) is 15.8 Å². The van der Waals surface area contributed by atoms with E-state index in [0.29, 0.717) is 5.92 Å². The third-order valence-corrected chi connectivity index (χ3v) is 8.74. The summed E-state index contributed by atoms with van der Waals surface area (Å²) in [5, 5.41) is 13.5. The Morgan fingerprint density at radius 2 is 1.74 bits per heavy atom. The predicted octanol–water partition coefficient (Wildman–Crippen LogP) is 7.07. The standard InChI is InChI=1S/C26H25IN2OS/c27-22-9-5-4-8-21(22)25(18-28)12-14-26(15-13-25,30-16-19-10-11-19)24-29-23(17-31-24)20-6-2-1-3-7-20/h1-9,17,19H,10-16H2. The first-order valence-corrected chi connectivity index (χ1v) is 12.9. The van der Waals surface area contributed by atoms with E-state index in [4.69, 9.17) is 9.72 Å². The van der Waals surface area contributed by atoms with Crippen LogP contribution in [0.5, 0.6) is 0 Å². The van der Waals surface area contributed by atoms with Gasteiger partial charge in [-0.3, -0.25) is 0 Å². The van der Waals surface area contributed by atoms with Crippen molar-refractivity contribution in [1.82, 2.24) is 4.98 Å². The van der Waals surface area contributed by atoms with E-state index >= 15 is 0 Å². The molecule has 0 aliphatic heterocycles. The van der Waals surface area contributed by atoms with E-state index in [-0.39, 0.29) is 5.60 Å². The second kappa shape index (κ2) is 8.65. The van der Waals surface area contributed by atoms with Gasteiger partial charge in [-0.1, -0.05) is 48.5 Å². The highest BCUT2D eigenvalue weighted by molar-refractivity contribution is 14.1. The SMILES string of the molecule is N#CC1(c2ccccc2I)CCC(OCC2CC2)(c2nc(-c3ccccc3)cs2)CC1. The van der Waals surface area contributed by atoms with Crippen LogP contribution in [0.1, 0.15) is 49.1 Å². The average molecular weight is 540 g/mol. The molecule has 31 heavy (non-hydrogen) atoms. The van der Waals surface area contributed by atoms with Crippen LogP contribution in [0.15, 0.2) is 60.0 Å². The van der Waals surface area contributed by atoms with E-state index in [1.54, 1.807) is 11.3 Å². The largest absolute Gasteiger partial charge is 0.368 e. The molecular formula is C26H25IN2OS. The fourth-order valence-corrected chi connectivity index (χ4v) is 6.52. The Morgan fingerprint density at radius 3 is 2.42 bits per heavy atom. The molecule has 3 nitrogen and oxygen atoms in total. The number of hydrogen-bond donors (Lipinski definition) is 0. The van der Waals surface area contributed by atoms with Crippen molar-refractivity contribution in [3.8, 4) is 17.3 Å². The summed E-state index contributed by atoms with van der Waals surface area (Å²) in [7, 11) is 0. The van der Waals surface area contributed by atoms with Crippen molar-refractivity contribution in [3.63, 3.8) is 0 Å². The molecule has 0 radical (unpaired) electrons. The summed E-state index contributed by atoms with van der Waals surface area (Å²) in [5.74, 6) is 0.697. The first-order valence-electron chi connectivity index (χ1n) is 11.0. The number of nitriles is 1. The van der Waals surface area contributed by atoms with Gasteiger partial charge in [0, 0.05) is 14.5 Å². The van der Waals surface area contributed by atoms with E-state index in [1.165, 1.54) is 16.4 Å². The molecule has 5 rings (SSSR count). The molecule has 0 N–H and O–H groups in total. The van der Waals surface area contributed by atoms with Gasteiger partial charge in [0.15, 0.2) is 0 Å². The van der Waals surface area contributed by atoms with Gasteiger partial charge < -0.3 is 4.74 Å². The molecule has 2 saturated carbocycles. The summed E-state index contributed by atoms with van der Waals surface area (Å²) in [6, 6.07) is 21.4. The molecule has 1 aromatic heterocycles. The summed E-state index contributed by atoms with van der Waals surface area (Å²) in [6.07, 6.45) is 5.81. The van der Waals surface area contributed by atoms with Crippen molar-refractivity contribution in [1.29, 1.82) is 5.26 Å². The molecule has 5 heteroatoms. The molecule has 2 aliphatic carbocycles. The van der Waals surface area contributed by atoms with Gasteiger partial charge in [-0.25, -0.2) is 4.98 Å².